The van der Waals surface area contributed by atoms with E-state index in [0.29, 0.717) is 26.3 Å². The van der Waals surface area contributed by atoms with Gasteiger partial charge in [-0.3, -0.25) is 14.5 Å². The number of carbonyl (C=O) groups is 2. The molecule has 17 heavy (non-hydrogen) atoms. The van der Waals surface area contributed by atoms with Gasteiger partial charge >= 0.3 is 11.9 Å². The Hall–Kier alpha value is -1.14. The number of piperazine rings is 1. The van der Waals surface area contributed by atoms with Crippen molar-refractivity contribution in [3.05, 3.63) is 0 Å². The Balaban J connectivity index is 2.53. The first-order valence-electron chi connectivity index (χ1n) is 5.96. The monoisotopic (exact) mass is 244 g/mol. The lowest BCUT2D eigenvalue weighted by Crippen LogP contribution is -2.56. The van der Waals surface area contributed by atoms with Crippen molar-refractivity contribution in [3.63, 3.8) is 0 Å². The Bertz CT molecular complexity index is 270. The maximum atomic E-state index is 11.7. The second-order valence-corrected chi connectivity index (χ2v) is 3.75. The van der Waals surface area contributed by atoms with E-state index in [-0.39, 0.29) is 18.5 Å². The number of nitrogens with zero attached hydrogens (tertiary/aromatic N) is 1. The van der Waals surface area contributed by atoms with Crippen molar-refractivity contribution in [3.8, 4) is 0 Å². The van der Waals surface area contributed by atoms with Gasteiger partial charge in [0.05, 0.1) is 19.8 Å². The molecule has 1 aliphatic heterocycles. The first-order chi connectivity index (χ1) is 8.19. The van der Waals surface area contributed by atoms with Crippen LogP contribution in [0.15, 0.2) is 0 Å². The smallest absolute Gasteiger partial charge is 0.324 e. The molecule has 0 radical (unpaired) electrons. The highest BCUT2D eigenvalue weighted by Crippen LogP contribution is 2.05. The zero-order valence-electron chi connectivity index (χ0n) is 10.4. The lowest BCUT2D eigenvalue weighted by molar-refractivity contribution is -0.153. The summed E-state index contributed by atoms with van der Waals surface area (Å²) < 4.78 is 9.86. The first-order valence-corrected chi connectivity index (χ1v) is 5.96. The van der Waals surface area contributed by atoms with Crippen molar-refractivity contribution in [1.29, 1.82) is 0 Å². The Labute approximate surface area is 101 Å². The second kappa shape index (κ2) is 7.24. The minimum absolute atomic E-state index is 0.138. The third-order valence-corrected chi connectivity index (χ3v) is 2.55. The van der Waals surface area contributed by atoms with Crippen molar-refractivity contribution in [2.45, 2.75) is 19.9 Å². The fourth-order valence-electron chi connectivity index (χ4n) is 1.78. The average Bonchev–Trinajstić information content (AvgIpc) is 2.30. The average molecular weight is 244 g/mol. The Morgan fingerprint density at radius 3 is 2.65 bits per heavy atom. The highest BCUT2D eigenvalue weighted by atomic mass is 16.5. The molecular weight excluding hydrogens is 224 g/mol. The van der Waals surface area contributed by atoms with Crippen LogP contribution in [-0.2, 0) is 19.1 Å². The maximum Gasteiger partial charge on any atom is 0.324 e. The van der Waals surface area contributed by atoms with E-state index in [2.05, 4.69) is 5.32 Å². The van der Waals surface area contributed by atoms with Gasteiger partial charge in [0.2, 0.25) is 0 Å². The van der Waals surface area contributed by atoms with Gasteiger partial charge in [0.15, 0.2) is 0 Å². The Morgan fingerprint density at radius 1 is 1.29 bits per heavy atom. The topological polar surface area (TPSA) is 67.9 Å². The summed E-state index contributed by atoms with van der Waals surface area (Å²) in [6, 6.07) is -0.395. The molecule has 1 fully saturated rings. The number of rotatable bonds is 5. The number of ether oxygens (including phenoxy) is 2. The summed E-state index contributed by atoms with van der Waals surface area (Å²) in [4.78, 5) is 24.9. The number of carbonyl (C=O) groups excluding carboxylic acids is 2. The fraction of sp³-hybridized carbons (Fsp3) is 0.818. The standard InChI is InChI=1S/C11H20N2O4/c1-3-16-10(14)8-13-6-5-12-7-9(13)11(15)17-4-2/h9,12H,3-8H2,1-2H3. The Kier molecular flexibility index (Phi) is 5.93. The first kappa shape index (κ1) is 13.9. The minimum atomic E-state index is -0.395. The summed E-state index contributed by atoms with van der Waals surface area (Å²) in [6.45, 7) is 6.29. The third-order valence-electron chi connectivity index (χ3n) is 2.55. The quantitative estimate of drug-likeness (QED) is 0.651. The zero-order chi connectivity index (χ0) is 12.7. The Morgan fingerprint density at radius 2 is 2.00 bits per heavy atom. The van der Waals surface area contributed by atoms with Crippen molar-refractivity contribution >= 4 is 11.9 Å². The summed E-state index contributed by atoms with van der Waals surface area (Å²) in [6.07, 6.45) is 0. The molecule has 6 heteroatoms. The van der Waals surface area contributed by atoms with Crippen LogP contribution in [0.2, 0.25) is 0 Å². The molecule has 1 atom stereocenters. The van der Waals surface area contributed by atoms with Crippen LogP contribution in [0.1, 0.15) is 13.8 Å². The second-order valence-electron chi connectivity index (χ2n) is 3.75. The van der Waals surface area contributed by atoms with E-state index >= 15 is 0 Å². The zero-order valence-corrected chi connectivity index (χ0v) is 10.4. The molecule has 0 saturated carbocycles. The van der Waals surface area contributed by atoms with Gasteiger partial charge in [-0.2, -0.15) is 0 Å². The highest BCUT2D eigenvalue weighted by molar-refractivity contribution is 5.78. The molecule has 98 valence electrons. The van der Waals surface area contributed by atoms with E-state index in [9.17, 15) is 9.59 Å². The molecule has 0 bridgehead atoms. The van der Waals surface area contributed by atoms with Crippen LogP contribution in [0.25, 0.3) is 0 Å². The fourth-order valence-corrected chi connectivity index (χ4v) is 1.78. The summed E-state index contributed by atoms with van der Waals surface area (Å²) >= 11 is 0. The van der Waals surface area contributed by atoms with Crippen molar-refractivity contribution in [1.82, 2.24) is 10.2 Å². The summed E-state index contributed by atoms with van der Waals surface area (Å²) in [5, 5.41) is 3.11. The number of nitrogens with one attached hydrogen (secondary N) is 1. The van der Waals surface area contributed by atoms with Crippen LogP contribution in [-0.4, -0.2) is 62.3 Å². The predicted octanol–water partition coefficient (Wildman–Crippen LogP) is -0.614. The van der Waals surface area contributed by atoms with Gasteiger partial charge < -0.3 is 14.8 Å². The molecule has 0 aromatic heterocycles. The van der Waals surface area contributed by atoms with Gasteiger partial charge in [0.25, 0.3) is 0 Å². The molecule has 1 aliphatic rings. The lowest BCUT2D eigenvalue weighted by Gasteiger charge is -2.33. The van der Waals surface area contributed by atoms with E-state index in [1.807, 2.05) is 0 Å². The van der Waals surface area contributed by atoms with E-state index < -0.39 is 6.04 Å². The van der Waals surface area contributed by atoms with Gasteiger partial charge in [-0.05, 0) is 13.8 Å². The molecule has 1 rings (SSSR count). The normalized spacial score (nSPS) is 20.9. The van der Waals surface area contributed by atoms with Crippen LogP contribution < -0.4 is 5.32 Å². The maximum absolute atomic E-state index is 11.7. The van der Waals surface area contributed by atoms with Crippen molar-refractivity contribution in [2.24, 2.45) is 0 Å². The molecule has 1 unspecified atom stereocenters. The van der Waals surface area contributed by atoms with Crippen LogP contribution in [0, 0.1) is 0 Å². The van der Waals surface area contributed by atoms with Crippen molar-refractivity contribution < 1.29 is 19.1 Å². The molecule has 1 saturated heterocycles. The van der Waals surface area contributed by atoms with E-state index in [1.165, 1.54) is 0 Å². The van der Waals surface area contributed by atoms with Gasteiger partial charge in [-0.15, -0.1) is 0 Å². The van der Waals surface area contributed by atoms with Crippen LogP contribution in [0.3, 0.4) is 0 Å². The van der Waals surface area contributed by atoms with E-state index in [0.717, 1.165) is 6.54 Å². The molecule has 1 N–H and O–H groups in total. The molecule has 0 aromatic carbocycles. The summed E-state index contributed by atoms with van der Waals surface area (Å²) in [5.41, 5.74) is 0. The molecule has 1 heterocycles. The molecule has 0 aromatic rings. The van der Waals surface area contributed by atoms with E-state index in [1.54, 1.807) is 18.7 Å². The third kappa shape index (κ3) is 4.32. The molecule has 0 aliphatic carbocycles. The van der Waals surface area contributed by atoms with Crippen LogP contribution in [0.4, 0.5) is 0 Å². The van der Waals surface area contributed by atoms with Gasteiger partial charge in [0.1, 0.15) is 6.04 Å². The molecule has 0 spiro atoms. The van der Waals surface area contributed by atoms with Gasteiger partial charge in [-0.1, -0.05) is 0 Å². The lowest BCUT2D eigenvalue weighted by atomic mass is 10.2. The van der Waals surface area contributed by atoms with Gasteiger partial charge in [0, 0.05) is 19.6 Å². The predicted molar refractivity (Wildman–Crippen MR) is 61.5 cm³/mol. The summed E-state index contributed by atoms with van der Waals surface area (Å²) in [5.74, 6) is -0.590. The highest BCUT2D eigenvalue weighted by Gasteiger charge is 2.31. The van der Waals surface area contributed by atoms with Crippen LogP contribution >= 0.6 is 0 Å². The minimum Gasteiger partial charge on any atom is -0.465 e. The number of esters is 2. The number of hydrogen-bond donors (Lipinski definition) is 1. The van der Waals surface area contributed by atoms with E-state index in [4.69, 9.17) is 9.47 Å². The number of hydrogen-bond acceptors (Lipinski definition) is 6. The summed E-state index contributed by atoms with van der Waals surface area (Å²) in [7, 11) is 0. The molecule has 6 nitrogen and oxygen atoms in total. The largest absolute Gasteiger partial charge is 0.465 e. The SMILES string of the molecule is CCOC(=O)CN1CCNCC1C(=O)OCC. The van der Waals surface area contributed by atoms with Gasteiger partial charge in [-0.25, -0.2) is 0 Å². The molecular formula is C11H20N2O4. The molecule has 0 amide bonds. The van der Waals surface area contributed by atoms with Crippen molar-refractivity contribution in [2.75, 3.05) is 39.4 Å². The van der Waals surface area contributed by atoms with Crippen LogP contribution in [0.5, 0.6) is 0 Å².